The minimum Gasteiger partial charge on any atom is -0.472 e. The minimum atomic E-state index is -0.425. The molecular formula is C27H34N4O4. The van der Waals surface area contributed by atoms with Crippen molar-refractivity contribution in [3.63, 3.8) is 0 Å². The zero-order valence-corrected chi connectivity index (χ0v) is 21.1. The Labute approximate surface area is 207 Å². The Morgan fingerprint density at radius 1 is 1.34 bits per heavy atom. The zero-order chi connectivity index (χ0) is 25.5. The molecule has 2 amide bonds. The summed E-state index contributed by atoms with van der Waals surface area (Å²) in [6, 6.07) is 4.75. The largest absolute Gasteiger partial charge is 0.472 e. The number of carbonyl (C=O) groups is 2. The van der Waals surface area contributed by atoms with Crippen LogP contribution in [-0.4, -0.2) is 75.6 Å². The van der Waals surface area contributed by atoms with Crippen LogP contribution in [0.25, 0.3) is 0 Å². The maximum absolute atomic E-state index is 13.5. The van der Waals surface area contributed by atoms with Crippen LogP contribution in [0, 0.1) is 23.7 Å². The molecule has 0 saturated heterocycles. The topological polar surface area (TPSA) is 95.9 Å². The summed E-state index contributed by atoms with van der Waals surface area (Å²) in [6.07, 6.45) is 5.07. The van der Waals surface area contributed by atoms with Gasteiger partial charge in [-0.3, -0.25) is 14.6 Å². The van der Waals surface area contributed by atoms with Crippen LogP contribution >= 0.6 is 0 Å². The smallest absolute Gasteiger partial charge is 0.259 e. The number of hydrogen-bond acceptors (Lipinski definition) is 6. The predicted molar refractivity (Wildman–Crippen MR) is 133 cm³/mol. The lowest BCUT2D eigenvalue weighted by Gasteiger charge is -2.37. The Morgan fingerprint density at radius 2 is 2.11 bits per heavy atom. The van der Waals surface area contributed by atoms with Crippen molar-refractivity contribution >= 4 is 11.8 Å². The molecule has 0 radical (unpaired) electrons. The van der Waals surface area contributed by atoms with Crippen molar-refractivity contribution in [1.82, 2.24) is 19.8 Å². The average molecular weight is 479 g/mol. The normalized spacial score (nSPS) is 18.5. The molecule has 2 aromatic heterocycles. The highest BCUT2D eigenvalue weighted by molar-refractivity contribution is 5.97. The second-order valence-electron chi connectivity index (χ2n) is 9.53. The lowest BCUT2D eigenvalue weighted by atomic mass is 9.99. The van der Waals surface area contributed by atoms with Crippen LogP contribution in [0.15, 0.2) is 36.8 Å². The quantitative estimate of drug-likeness (QED) is 0.642. The number of fused-ring (bicyclic) bond motifs is 1. The standard InChI is InChI=1S/C27H34N4O4/c1-18(2)8-6-9-21-12-23-25(29-13-21)35-24(19(3)15-31(27(23)34)20(4)17-32)16-30(5)26(33)22-10-7-11-28-14-22/h7,10-14,18-20,24,32H,8,15-17H2,1-5H3/t19-,20+,24+/m1/s1. The maximum atomic E-state index is 13.5. The average Bonchev–Trinajstić information content (AvgIpc) is 2.85. The van der Waals surface area contributed by atoms with Crippen molar-refractivity contribution in [3.05, 3.63) is 53.5 Å². The highest BCUT2D eigenvalue weighted by Crippen LogP contribution is 2.27. The number of likely N-dealkylation sites (N-methyl/N-ethyl adjacent to an activating group) is 1. The Bertz CT molecular complexity index is 1090. The molecule has 0 aromatic carbocycles. The summed E-state index contributed by atoms with van der Waals surface area (Å²) in [4.78, 5) is 38.1. The van der Waals surface area contributed by atoms with Crippen molar-refractivity contribution in [1.29, 1.82) is 0 Å². The van der Waals surface area contributed by atoms with E-state index in [2.05, 4.69) is 35.7 Å². The number of hydrogen-bond donors (Lipinski definition) is 1. The highest BCUT2D eigenvalue weighted by atomic mass is 16.5. The molecule has 0 bridgehead atoms. The molecule has 186 valence electrons. The molecule has 0 aliphatic carbocycles. The van der Waals surface area contributed by atoms with Crippen LogP contribution < -0.4 is 4.74 Å². The van der Waals surface area contributed by atoms with Crippen LogP contribution in [0.2, 0.25) is 0 Å². The van der Waals surface area contributed by atoms with Crippen LogP contribution in [0.4, 0.5) is 0 Å². The summed E-state index contributed by atoms with van der Waals surface area (Å²) in [7, 11) is 1.71. The van der Waals surface area contributed by atoms with Gasteiger partial charge in [-0.15, -0.1) is 0 Å². The third-order valence-electron chi connectivity index (χ3n) is 5.97. The van der Waals surface area contributed by atoms with E-state index in [0.29, 0.717) is 35.7 Å². The van der Waals surface area contributed by atoms with Gasteiger partial charge in [0.2, 0.25) is 5.88 Å². The third kappa shape index (κ3) is 6.58. The molecule has 2 aromatic rings. The molecule has 3 heterocycles. The molecule has 0 fully saturated rings. The number of pyridine rings is 2. The number of carbonyl (C=O) groups excluding carboxylic acids is 2. The van der Waals surface area contributed by atoms with E-state index < -0.39 is 6.10 Å². The highest BCUT2D eigenvalue weighted by Gasteiger charge is 2.34. The first-order chi connectivity index (χ1) is 16.7. The minimum absolute atomic E-state index is 0.127. The summed E-state index contributed by atoms with van der Waals surface area (Å²) in [5.41, 5.74) is 1.43. The number of nitrogens with zero attached hydrogens (tertiary/aromatic N) is 4. The van der Waals surface area contributed by atoms with E-state index >= 15 is 0 Å². The van der Waals surface area contributed by atoms with Crippen LogP contribution in [-0.2, 0) is 0 Å². The van der Waals surface area contributed by atoms with Gasteiger partial charge in [-0.25, -0.2) is 4.98 Å². The van der Waals surface area contributed by atoms with Gasteiger partial charge in [0.05, 0.1) is 24.8 Å². The fourth-order valence-electron chi connectivity index (χ4n) is 3.81. The Balaban J connectivity index is 1.93. The first kappa shape index (κ1) is 26.2. The molecule has 0 saturated carbocycles. The molecule has 8 heteroatoms. The summed E-state index contributed by atoms with van der Waals surface area (Å²) < 4.78 is 6.26. The predicted octanol–water partition coefficient (Wildman–Crippen LogP) is 2.87. The van der Waals surface area contributed by atoms with E-state index in [1.54, 1.807) is 54.4 Å². The summed E-state index contributed by atoms with van der Waals surface area (Å²) in [6.45, 7) is 8.45. The molecule has 35 heavy (non-hydrogen) atoms. The van der Waals surface area contributed by atoms with Gasteiger partial charge in [0, 0.05) is 50.1 Å². The van der Waals surface area contributed by atoms with Gasteiger partial charge in [-0.1, -0.05) is 32.6 Å². The first-order valence-corrected chi connectivity index (χ1v) is 11.9. The molecule has 3 rings (SSSR count). The number of aliphatic hydroxyl groups is 1. The van der Waals surface area contributed by atoms with Crippen LogP contribution in [0.5, 0.6) is 5.88 Å². The van der Waals surface area contributed by atoms with Gasteiger partial charge in [0.1, 0.15) is 11.7 Å². The molecule has 3 atom stereocenters. The second-order valence-corrected chi connectivity index (χ2v) is 9.53. The molecule has 1 aliphatic heterocycles. The molecule has 1 N–H and O–H groups in total. The van der Waals surface area contributed by atoms with Gasteiger partial charge in [0.25, 0.3) is 11.8 Å². The lowest BCUT2D eigenvalue weighted by molar-refractivity contribution is 0.0313. The van der Waals surface area contributed by atoms with Gasteiger partial charge in [-0.05, 0) is 31.0 Å². The number of amides is 2. The first-order valence-electron chi connectivity index (χ1n) is 11.9. The fraction of sp³-hybridized carbons (Fsp3) is 0.481. The van der Waals surface area contributed by atoms with E-state index in [9.17, 15) is 14.7 Å². The summed E-state index contributed by atoms with van der Waals surface area (Å²) >= 11 is 0. The van der Waals surface area contributed by atoms with Crippen LogP contribution in [0.1, 0.15) is 60.4 Å². The van der Waals surface area contributed by atoms with Gasteiger partial charge in [-0.2, -0.15) is 0 Å². The Hall–Kier alpha value is -3.44. The molecule has 1 aliphatic rings. The third-order valence-corrected chi connectivity index (χ3v) is 5.97. The fourth-order valence-corrected chi connectivity index (χ4v) is 3.81. The molecule has 8 nitrogen and oxygen atoms in total. The van der Waals surface area contributed by atoms with Crippen molar-refractivity contribution in [2.75, 3.05) is 26.7 Å². The molecular weight excluding hydrogens is 444 g/mol. The summed E-state index contributed by atoms with van der Waals surface area (Å²) in [5, 5.41) is 9.81. The van der Waals surface area contributed by atoms with Crippen molar-refractivity contribution in [3.8, 4) is 17.7 Å². The van der Waals surface area contributed by atoms with E-state index in [-0.39, 0.29) is 36.3 Å². The van der Waals surface area contributed by atoms with Crippen molar-refractivity contribution in [2.45, 2.75) is 46.3 Å². The monoisotopic (exact) mass is 478 g/mol. The number of aromatic nitrogens is 2. The second kappa shape index (κ2) is 11.8. The molecule has 0 unspecified atom stereocenters. The number of rotatable bonds is 6. The van der Waals surface area contributed by atoms with Crippen molar-refractivity contribution < 1.29 is 19.4 Å². The summed E-state index contributed by atoms with van der Waals surface area (Å²) in [5.74, 6) is 6.30. The van der Waals surface area contributed by atoms with Crippen LogP contribution in [0.3, 0.4) is 0 Å². The van der Waals surface area contributed by atoms with E-state index in [1.807, 2.05) is 6.92 Å². The van der Waals surface area contributed by atoms with E-state index in [1.165, 1.54) is 6.20 Å². The number of aliphatic hydroxyl groups excluding tert-OH is 1. The Kier molecular flexibility index (Phi) is 8.83. The van der Waals surface area contributed by atoms with E-state index in [4.69, 9.17) is 4.74 Å². The van der Waals surface area contributed by atoms with Crippen molar-refractivity contribution in [2.24, 2.45) is 11.8 Å². The Morgan fingerprint density at radius 3 is 2.77 bits per heavy atom. The molecule has 0 spiro atoms. The van der Waals surface area contributed by atoms with E-state index in [0.717, 1.165) is 6.42 Å². The number of ether oxygens (including phenoxy) is 1. The van der Waals surface area contributed by atoms with Gasteiger partial charge >= 0.3 is 0 Å². The zero-order valence-electron chi connectivity index (χ0n) is 21.1. The SMILES string of the molecule is CC(C)CC#Cc1cnc2c(c1)C(=O)N([C@@H](C)CO)C[C@@H](C)[C@H](CN(C)C(=O)c1cccnc1)O2. The van der Waals surface area contributed by atoms with Gasteiger partial charge < -0.3 is 19.6 Å². The lowest BCUT2D eigenvalue weighted by Crippen LogP contribution is -2.50. The maximum Gasteiger partial charge on any atom is 0.259 e. The van der Waals surface area contributed by atoms with Gasteiger partial charge in [0.15, 0.2) is 0 Å².